The average Bonchev–Trinajstić information content (AvgIpc) is 3.59. The van der Waals surface area contributed by atoms with Gasteiger partial charge in [-0.2, -0.15) is 0 Å². The smallest absolute Gasteiger partial charge is 0.326 e. The van der Waals surface area contributed by atoms with Crippen molar-refractivity contribution in [3.05, 3.63) is 46.4 Å². The Morgan fingerprint density at radius 1 is 1.20 bits per heavy atom. The first-order valence-electron chi connectivity index (χ1n) is 14.4. The first kappa shape index (κ1) is 29.2. The average molecular weight is 569 g/mol. The molecule has 2 N–H and O–H groups in total. The molecule has 3 unspecified atom stereocenters. The lowest BCUT2D eigenvalue weighted by molar-refractivity contribution is -0.154. The highest BCUT2D eigenvalue weighted by molar-refractivity contribution is 5.82. The summed E-state index contributed by atoms with van der Waals surface area (Å²) >= 11 is 0. The molecule has 2 saturated heterocycles. The summed E-state index contributed by atoms with van der Waals surface area (Å²) in [6, 6.07) is 6.89. The second kappa shape index (κ2) is 13.2. The van der Waals surface area contributed by atoms with Crippen LogP contribution in [0.1, 0.15) is 31.7 Å². The molecule has 0 amide bonds. The lowest BCUT2D eigenvalue weighted by atomic mass is 10.00. The van der Waals surface area contributed by atoms with Crippen LogP contribution in [0.4, 0.5) is 0 Å². The number of aryl methyl sites for hydroxylation is 2. The third kappa shape index (κ3) is 6.98. The van der Waals surface area contributed by atoms with Crippen molar-refractivity contribution in [1.82, 2.24) is 19.4 Å². The Morgan fingerprint density at radius 3 is 2.68 bits per heavy atom. The molecule has 3 atom stereocenters. The van der Waals surface area contributed by atoms with E-state index in [4.69, 9.17) is 23.9 Å². The maximum absolute atomic E-state index is 12.5. The first-order chi connectivity index (χ1) is 19.8. The molecule has 2 aliphatic rings. The van der Waals surface area contributed by atoms with Crippen molar-refractivity contribution < 1.29 is 28.8 Å². The molecule has 11 nitrogen and oxygen atoms in total. The van der Waals surface area contributed by atoms with Crippen molar-refractivity contribution in [1.29, 1.82) is 0 Å². The predicted molar refractivity (Wildman–Crippen MR) is 153 cm³/mol. The highest BCUT2D eigenvalue weighted by atomic mass is 16.6. The lowest BCUT2D eigenvalue weighted by Gasteiger charge is -2.23. The third-order valence-corrected chi connectivity index (χ3v) is 7.76. The number of imidazole rings is 1. The van der Waals surface area contributed by atoms with Gasteiger partial charge in [-0.15, -0.1) is 0 Å². The topological polar surface area (TPSA) is 126 Å². The van der Waals surface area contributed by atoms with Gasteiger partial charge in [0.2, 0.25) is 0 Å². The van der Waals surface area contributed by atoms with Gasteiger partial charge in [0.15, 0.2) is 0 Å². The van der Waals surface area contributed by atoms with Gasteiger partial charge < -0.3 is 33.2 Å². The van der Waals surface area contributed by atoms with E-state index in [0.29, 0.717) is 43.4 Å². The SMILES string of the molecule is Cc1cc(-c2nc3cc(OCCNC(C(=O)OC4CCOC4)C(C)O)ccc3n2CC2CCOCC2)cn(C)c1=O. The summed E-state index contributed by atoms with van der Waals surface area (Å²) in [5, 5.41) is 13.2. The van der Waals surface area contributed by atoms with Crippen molar-refractivity contribution in [2.75, 3.05) is 39.6 Å². The van der Waals surface area contributed by atoms with E-state index < -0.39 is 18.1 Å². The highest BCUT2D eigenvalue weighted by Crippen LogP contribution is 2.30. The van der Waals surface area contributed by atoms with Crippen LogP contribution in [0.2, 0.25) is 0 Å². The van der Waals surface area contributed by atoms with Crippen LogP contribution >= 0.6 is 0 Å². The normalized spacial score (nSPS) is 19.4. The minimum atomic E-state index is -0.916. The first-order valence-corrected chi connectivity index (χ1v) is 14.4. The van der Waals surface area contributed by atoms with E-state index in [1.165, 1.54) is 0 Å². The Kier molecular flexibility index (Phi) is 9.39. The number of nitrogens with zero attached hydrogens (tertiary/aromatic N) is 3. The predicted octanol–water partition coefficient (Wildman–Crippen LogP) is 2.19. The molecular weight excluding hydrogens is 528 g/mol. The summed E-state index contributed by atoms with van der Waals surface area (Å²) in [5.74, 6) is 1.45. The van der Waals surface area contributed by atoms with Gasteiger partial charge >= 0.3 is 5.97 Å². The molecule has 3 aromatic rings. The number of hydrogen-bond donors (Lipinski definition) is 2. The number of esters is 1. The van der Waals surface area contributed by atoms with Gasteiger partial charge in [0.05, 0.1) is 30.4 Å². The maximum atomic E-state index is 12.5. The van der Waals surface area contributed by atoms with Crippen LogP contribution in [0.25, 0.3) is 22.4 Å². The van der Waals surface area contributed by atoms with Crippen molar-refractivity contribution in [2.24, 2.45) is 13.0 Å². The van der Waals surface area contributed by atoms with E-state index in [1.54, 1.807) is 18.5 Å². The number of benzene rings is 1. The van der Waals surface area contributed by atoms with Crippen LogP contribution in [0, 0.1) is 12.8 Å². The van der Waals surface area contributed by atoms with Gasteiger partial charge in [0.1, 0.15) is 30.3 Å². The zero-order chi connectivity index (χ0) is 28.9. The Bertz CT molecular complexity index is 1380. The minimum Gasteiger partial charge on any atom is -0.492 e. The second-order valence-corrected chi connectivity index (χ2v) is 11.0. The van der Waals surface area contributed by atoms with Gasteiger partial charge in [-0.25, -0.2) is 4.98 Å². The van der Waals surface area contributed by atoms with Crippen LogP contribution in [0.5, 0.6) is 5.75 Å². The zero-order valence-electron chi connectivity index (χ0n) is 24.0. The molecule has 2 fully saturated rings. The van der Waals surface area contributed by atoms with Gasteiger partial charge in [-0.3, -0.25) is 14.9 Å². The Labute approximate surface area is 239 Å². The van der Waals surface area contributed by atoms with Gasteiger partial charge in [0.25, 0.3) is 5.56 Å². The molecule has 222 valence electrons. The Morgan fingerprint density at radius 2 is 1.98 bits per heavy atom. The summed E-state index contributed by atoms with van der Waals surface area (Å²) in [7, 11) is 1.76. The van der Waals surface area contributed by atoms with Crippen molar-refractivity contribution >= 4 is 17.0 Å². The number of carbonyl (C=O) groups excluding carboxylic acids is 1. The fourth-order valence-electron chi connectivity index (χ4n) is 5.47. The van der Waals surface area contributed by atoms with Crippen LogP contribution in [-0.4, -0.2) is 83.0 Å². The Hall–Kier alpha value is -3.25. The lowest BCUT2D eigenvalue weighted by Crippen LogP contribution is -2.48. The molecule has 0 radical (unpaired) electrons. The standard InChI is InChI=1S/C30H40N4O7/c1-19-14-22(17-33(3)29(19)36)28-32-25-15-23(4-5-26(25)34(28)16-21-6-10-38-11-7-21)40-13-9-31-27(20(2)35)30(37)41-24-8-12-39-18-24/h4-5,14-15,17,20-21,24,27,31,35H,6-13,16,18H2,1-3H3. The number of hydrogen-bond acceptors (Lipinski definition) is 9. The van der Waals surface area contributed by atoms with Crippen molar-refractivity contribution in [2.45, 2.75) is 57.9 Å². The van der Waals surface area contributed by atoms with E-state index in [1.807, 2.05) is 37.4 Å². The summed E-state index contributed by atoms with van der Waals surface area (Å²) in [4.78, 5) is 29.9. The van der Waals surface area contributed by atoms with E-state index in [9.17, 15) is 14.7 Å². The Balaban J connectivity index is 1.30. The fraction of sp³-hybridized carbons (Fsp3) is 0.567. The number of aliphatic hydroxyl groups is 1. The van der Waals surface area contributed by atoms with E-state index in [-0.39, 0.29) is 18.3 Å². The summed E-state index contributed by atoms with van der Waals surface area (Å²) in [6.45, 7) is 7.29. The molecule has 2 aromatic heterocycles. The van der Waals surface area contributed by atoms with Crippen molar-refractivity contribution in [3.63, 3.8) is 0 Å². The second-order valence-electron chi connectivity index (χ2n) is 11.0. The molecule has 0 saturated carbocycles. The summed E-state index contributed by atoms with van der Waals surface area (Å²) < 4.78 is 26.1. The largest absolute Gasteiger partial charge is 0.492 e. The van der Waals surface area contributed by atoms with Crippen LogP contribution in [0.3, 0.4) is 0 Å². The third-order valence-electron chi connectivity index (χ3n) is 7.76. The van der Waals surface area contributed by atoms with E-state index in [0.717, 1.165) is 55.0 Å². The molecule has 41 heavy (non-hydrogen) atoms. The number of rotatable bonds is 11. The number of ether oxygens (including phenoxy) is 4. The molecule has 0 aliphatic carbocycles. The number of pyridine rings is 1. The number of nitrogens with one attached hydrogen (secondary N) is 1. The number of aliphatic hydroxyl groups excluding tert-OH is 1. The molecule has 0 spiro atoms. The quantitative estimate of drug-likeness (QED) is 0.264. The molecule has 0 bridgehead atoms. The molecule has 11 heteroatoms. The van der Waals surface area contributed by atoms with E-state index in [2.05, 4.69) is 9.88 Å². The molecule has 5 rings (SSSR count). The van der Waals surface area contributed by atoms with E-state index >= 15 is 0 Å². The molecular formula is C30H40N4O7. The van der Waals surface area contributed by atoms with Crippen LogP contribution in [-0.2, 0) is 32.6 Å². The summed E-state index contributed by atoms with van der Waals surface area (Å²) in [6.07, 6.45) is 3.31. The minimum absolute atomic E-state index is 0.0243. The molecule has 1 aromatic carbocycles. The zero-order valence-corrected chi connectivity index (χ0v) is 24.0. The number of fused-ring (bicyclic) bond motifs is 1. The van der Waals surface area contributed by atoms with Crippen molar-refractivity contribution in [3.8, 4) is 17.1 Å². The molecule has 4 heterocycles. The van der Waals surface area contributed by atoms with Gasteiger partial charge in [-0.05, 0) is 50.8 Å². The highest BCUT2D eigenvalue weighted by Gasteiger charge is 2.29. The van der Waals surface area contributed by atoms with Crippen LogP contribution in [0.15, 0.2) is 35.3 Å². The van der Waals surface area contributed by atoms with Crippen LogP contribution < -0.4 is 15.6 Å². The fourth-order valence-corrected chi connectivity index (χ4v) is 5.47. The maximum Gasteiger partial charge on any atom is 0.326 e. The summed E-state index contributed by atoms with van der Waals surface area (Å²) in [5.41, 5.74) is 3.33. The van der Waals surface area contributed by atoms with Gasteiger partial charge in [-0.1, -0.05) is 0 Å². The molecule has 2 aliphatic heterocycles. The van der Waals surface area contributed by atoms with Gasteiger partial charge in [0, 0.05) is 63.2 Å². The number of aromatic nitrogens is 3. The number of carbonyl (C=O) groups is 1. The monoisotopic (exact) mass is 568 g/mol.